The van der Waals surface area contributed by atoms with Crippen LogP contribution in [0.25, 0.3) is 10.2 Å². The number of rotatable bonds is 8. The SMILES string of the molecule is COc1ccc(CN(CCN(C)C)c2nc3ccc(OC)cc3s2)cc1. The van der Waals surface area contributed by atoms with Crippen LogP contribution in [0, 0.1) is 0 Å². The lowest BCUT2D eigenvalue weighted by atomic mass is 10.2. The number of hydrogen-bond acceptors (Lipinski definition) is 6. The van der Waals surface area contributed by atoms with Gasteiger partial charge < -0.3 is 19.3 Å². The lowest BCUT2D eigenvalue weighted by Crippen LogP contribution is -2.31. The van der Waals surface area contributed by atoms with E-state index < -0.39 is 0 Å². The highest BCUT2D eigenvalue weighted by molar-refractivity contribution is 7.22. The fraction of sp³-hybridized carbons (Fsp3) is 0.350. The van der Waals surface area contributed by atoms with Gasteiger partial charge in [-0.1, -0.05) is 23.5 Å². The van der Waals surface area contributed by atoms with E-state index in [2.05, 4.69) is 36.0 Å². The van der Waals surface area contributed by atoms with Gasteiger partial charge in [0.25, 0.3) is 0 Å². The number of nitrogens with zero attached hydrogens (tertiary/aromatic N) is 3. The number of aromatic nitrogens is 1. The maximum atomic E-state index is 5.34. The van der Waals surface area contributed by atoms with E-state index in [1.54, 1.807) is 25.6 Å². The summed E-state index contributed by atoms with van der Waals surface area (Å²) in [6.45, 7) is 2.69. The van der Waals surface area contributed by atoms with Crippen LogP contribution in [0.4, 0.5) is 5.13 Å². The van der Waals surface area contributed by atoms with Gasteiger partial charge in [-0.05, 0) is 50.0 Å². The predicted octanol–water partition coefficient (Wildman–Crippen LogP) is 3.88. The Labute approximate surface area is 158 Å². The van der Waals surface area contributed by atoms with Crippen molar-refractivity contribution in [2.45, 2.75) is 6.54 Å². The Morgan fingerprint density at radius 2 is 1.62 bits per heavy atom. The molecule has 2 aromatic carbocycles. The Kier molecular flexibility index (Phi) is 5.96. The predicted molar refractivity (Wildman–Crippen MR) is 109 cm³/mol. The van der Waals surface area contributed by atoms with Gasteiger partial charge in [-0.3, -0.25) is 0 Å². The number of likely N-dealkylation sites (N-methyl/N-ethyl adjacent to an activating group) is 1. The van der Waals surface area contributed by atoms with Gasteiger partial charge in [0.15, 0.2) is 5.13 Å². The summed E-state index contributed by atoms with van der Waals surface area (Å²) in [7, 11) is 7.56. The number of anilines is 1. The molecule has 0 aliphatic carbocycles. The van der Waals surface area contributed by atoms with E-state index in [0.717, 1.165) is 46.5 Å². The molecule has 6 heteroatoms. The standard InChI is InChI=1S/C20H25N3O2S/c1-22(2)11-12-23(14-15-5-7-16(24-3)8-6-15)20-21-18-10-9-17(25-4)13-19(18)26-20/h5-10,13H,11-12,14H2,1-4H3. The zero-order valence-electron chi connectivity index (χ0n) is 15.7. The van der Waals surface area contributed by atoms with E-state index in [0.29, 0.717) is 0 Å². The summed E-state index contributed by atoms with van der Waals surface area (Å²) in [5.74, 6) is 1.74. The molecule has 5 nitrogen and oxygen atoms in total. The molecule has 0 fully saturated rings. The fourth-order valence-corrected chi connectivity index (χ4v) is 3.69. The minimum absolute atomic E-state index is 0.814. The first kappa shape index (κ1) is 18.5. The fourth-order valence-electron chi connectivity index (χ4n) is 2.67. The number of benzene rings is 2. The van der Waals surface area contributed by atoms with Crippen molar-refractivity contribution in [3.63, 3.8) is 0 Å². The molecule has 0 aliphatic heterocycles. The minimum atomic E-state index is 0.814. The summed E-state index contributed by atoms with van der Waals surface area (Å²) in [5.41, 5.74) is 2.25. The van der Waals surface area contributed by atoms with Crippen LogP contribution in [0.2, 0.25) is 0 Å². The maximum Gasteiger partial charge on any atom is 0.186 e. The van der Waals surface area contributed by atoms with E-state index in [9.17, 15) is 0 Å². The first-order valence-electron chi connectivity index (χ1n) is 8.56. The molecule has 138 valence electrons. The molecular formula is C20H25N3O2S. The third-order valence-corrected chi connectivity index (χ3v) is 5.28. The van der Waals surface area contributed by atoms with E-state index in [1.165, 1.54) is 5.56 Å². The van der Waals surface area contributed by atoms with Gasteiger partial charge in [-0.25, -0.2) is 4.98 Å². The lowest BCUT2D eigenvalue weighted by molar-refractivity contribution is 0.412. The Balaban J connectivity index is 1.86. The summed E-state index contributed by atoms with van der Waals surface area (Å²) in [5, 5.41) is 1.03. The number of fused-ring (bicyclic) bond motifs is 1. The van der Waals surface area contributed by atoms with Gasteiger partial charge in [0.1, 0.15) is 11.5 Å². The van der Waals surface area contributed by atoms with Gasteiger partial charge in [0.2, 0.25) is 0 Å². The first-order chi connectivity index (χ1) is 12.6. The van der Waals surface area contributed by atoms with Crippen molar-refractivity contribution < 1.29 is 9.47 Å². The smallest absolute Gasteiger partial charge is 0.186 e. The molecule has 0 aliphatic rings. The quantitative estimate of drug-likeness (QED) is 0.601. The molecule has 0 atom stereocenters. The average Bonchev–Trinajstić information content (AvgIpc) is 3.08. The second-order valence-electron chi connectivity index (χ2n) is 6.40. The number of methoxy groups -OCH3 is 2. The molecule has 0 bridgehead atoms. The second-order valence-corrected chi connectivity index (χ2v) is 7.41. The topological polar surface area (TPSA) is 37.8 Å². The molecule has 26 heavy (non-hydrogen) atoms. The molecule has 1 heterocycles. The van der Waals surface area contributed by atoms with E-state index in [4.69, 9.17) is 14.5 Å². The Hall–Kier alpha value is -2.31. The van der Waals surface area contributed by atoms with Crippen molar-refractivity contribution in [3.8, 4) is 11.5 Å². The molecule has 1 aromatic heterocycles. The van der Waals surface area contributed by atoms with Crippen molar-refractivity contribution in [2.75, 3.05) is 46.3 Å². The summed E-state index contributed by atoms with van der Waals surface area (Å²) >= 11 is 1.71. The number of ether oxygens (including phenoxy) is 2. The molecule has 0 saturated carbocycles. The van der Waals surface area contributed by atoms with Crippen molar-refractivity contribution in [1.82, 2.24) is 9.88 Å². The molecule has 3 rings (SSSR count). The van der Waals surface area contributed by atoms with Gasteiger partial charge in [-0.2, -0.15) is 0 Å². The molecule has 3 aromatic rings. The molecular weight excluding hydrogens is 346 g/mol. The van der Waals surface area contributed by atoms with Gasteiger partial charge >= 0.3 is 0 Å². The third kappa shape index (κ3) is 4.45. The van der Waals surface area contributed by atoms with Gasteiger partial charge in [0.05, 0.1) is 24.4 Å². The monoisotopic (exact) mass is 371 g/mol. The summed E-state index contributed by atoms with van der Waals surface area (Å²) in [6.07, 6.45) is 0. The first-order valence-corrected chi connectivity index (χ1v) is 9.38. The van der Waals surface area contributed by atoms with Crippen LogP contribution in [-0.2, 0) is 6.54 Å². The van der Waals surface area contributed by atoms with Crippen molar-refractivity contribution in [1.29, 1.82) is 0 Å². The van der Waals surface area contributed by atoms with Crippen LogP contribution in [0.15, 0.2) is 42.5 Å². The van der Waals surface area contributed by atoms with E-state index >= 15 is 0 Å². The summed E-state index contributed by atoms with van der Waals surface area (Å²) in [4.78, 5) is 9.37. The van der Waals surface area contributed by atoms with E-state index in [-0.39, 0.29) is 0 Å². The van der Waals surface area contributed by atoms with Gasteiger partial charge in [-0.15, -0.1) is 0 Å². The van der Waals surface area contributed by atoms with Crippen LogP contribution in [-0.4, -0.2) is 51.3 Å². The zero-order chi connectivity index (χ0) is 18.5. The van der Waals surface area contributed by atoms with Crippen LogP contribution < -0.4 is 14.4 Å². The molecule has 0 spiro atoms. The van der Waals surface area contributed by atoms with E-state index in [1.807, 2.05) is 30.3 Å². The largest absolute Gasteiger partial charge is 0.497 e. The zero-order valence-corrected chi connectivity index (χ0v) is 16.5. The van der Waals surface area contributed by atoms with Crippen LogP contribution >= 0.6 is 11.3 Å². The minimum Gasteiger partial charge on any atom is -0.497 e. The van der Waals surface area contributed by atoms with Crippen molar-refractivity contribution in [3.05, 3.63) is 48.0 Å². The highest BCUT2D eigenvalue weighted by Crippen LogP contribution is 2.32. The van der Waals surface area contributed by atoms with Crippen molar-refractivity contribution in [2.24, 2.45) is 0 Å². The summed E-state index contributed by atoms with van der Waals surface area (Å²) in [6, 6.07) is 14.3. The molecule has 0 radical (unpaired) electrons. The average molecular weight is 372 g/mol. The number of thiazole rings is 1. The van der Waals surface area contributed by atoms with Crippen LogP contribution in [0.5, 0.6) is 11.5 Å². The van der Waals surface area contributed by atoms with Crippen molar-refractivity contribution >= 4 is 26.7 Å². The molecule has 0 saturated heterocycles. The maximum absolute atomic E-state index is 5.34. The molecule has 0 amide bonds. The van der Waals surface area contributed by atoms with Crippen LogP contribution in [0.3, 0.4) is 0 Å². The Morgan fingerprint density at radius 3 is 2.27 bits per heavy atom. The Morgan fingerprint density at radius 1 is 0.923 bits per heavy atom. The highest BCUT2D eigenvalue weighted by Gasteiger charge is 2.14. The van der Waals surface area contributed by atoms with Gasteiger partial charge in [0, 0.05) is 19.6 Å². The highest BCUT2D eigenvalue weighted by atomic mass is 32.1. The Bertz CT molecular complexity index is 846. The number of hydrogen-bond donors (Lipinski definition) is 0. The molecule has 0 N–H and O–H groups in total. The molecule has 0 unspecified atom stereocenters. The second kappa shape index (κ2) is 8.38. The normalized spacial score (nSPS) is 11.1. The summed E-state index contributed by atoms with van der Waals surface area (Å²) < 4.78 is 11.7. The third-order valence-electron chi connectivity index (χ3n) is 4.20. The lowest BCUT2D eigenvalue weighted by Gasteiger charge is -2.24. The van der Waals surface area contributed by atoms with Crippen LogP contribution in [0.1, 0.15) is 5.56 Å².